The average Bonchev–Trinajstić information content (AvgIpc) is 2.28. The van der Waals surface area contributed by atoms with Gasteiger partial charge in [-0.1, -0.05) is 13.8 Å². The molecule has 0 aliphatic carbocycles. The molecule has 1 aliphatic heterocycles. The molecule has 1 rings (SSSR count). The van der Waals surface area contributed by atoms with Gasteiger partial charge in [0.1, 0.15) is 0 Å². The minimum Gasteiger partial charge on any atom is -0.316 e. The van der Waals surface area contributed by atoms with Crippen molar-refractivity contribution in [3.63, 3.8) is 0 Å². The van der Waals surface area contributed by atoms with Crippen LogP contribution in [0.4, 0.5) is 0 Å². The summed E-state index contributed by atoms with van der Waals surface area (Å²) < 4.78 is 27.7. The summed E-state index contributed by atoms with van der Waals surface area (Å²) in [7, 11) is 0.279. The lowest BCUT2D eigenvalue weighted by Gasteiger charge is -2.34. The summed E-state index contributed by atoms with van der Waals surface area (Å²) >= 11 is 0. The van der Waals surface area contributed by atoms with Gasteiger partial charge in [0.05, 0.1) is 0 Å². The quantitative estimate of drug-likeness (QED) is 0.821. The maximum absolute atomic E-state index is 12.3. The van der Waals surface area contributed by atoms with E-state index >= 15 is 0 Å². The molecule has 1 saturated heterocycles. The van der Waals surface area contributed by atoms with Crippen LogP contribution < -0.4 is 5.32 Å². The number of rotatable bonds is 5. The number of hydrogen-bond acceptors (Lipinski definition) is 3. The second-order valence-corrected chi connectivity index (χ2v) is 7.20. The zero-order chi connectivity index (χ0) is 13.1. The average molecular weight is 300 g/mol. The summed E-state index contributed by atoms with van der Waals surface area (Å²) in [5.74, 6) is 0.347. The number of nitrogens with zero attached hydrogens (tertiary/aromatic N) is 2. The highest BCUT2D eigenvalue weighted by Crippen LogP contribution is 2.16. The fourth-order valence-corrected chi connectivity index (χ4v) is 3.80. The van der Waals surface area contributed by atoms with Crippen molar-refractivity contribution >= 4 is 22.6 Å². The Morgan fingerprint density at radius 2 is 2.06 bits per heavy atom. The highest BCUT2D eigenvalue weighted by Gasteiger charge is 2.31. The van der Waals surface area contributed by atoms with Gasteiger partial charge >= 0.3 is 0 Å². The van der Waals surface area contributed by atoms with Crippen molar-refractivity contribution in [3.05, 3.63) is 0 Å². The molecule has 1 fully saturated rings. The topological polar surface area (TPSA) is 52.7 Å². The second kappa shape index (κ2) is 7.65. The zero-order valence-electron chi connectivity index (χ0n) is 11.7. The molecule has 0 aromatic carbocycles. The lowest BCUT2D eigenvalue weighted by Crippen LogP contribution is -2.51. The molecule has 1 atom stereocenters. The molecule has 0 aromatic rings. The molecule has 0 amide bonds. The highest BCUT2D eigenvalue weighted by molar-refractivity contribution is 7.86. The SMILES string of the molecule is CNC1CCCN(S(=O)(=O)N(C)CC(C)C)C1.Cl. The maximum atomic E-state index is 12.3. The molecular formula is C11H26ClN3O2S. The van der Waals surface area contributed by atoms with Gasteiger partial charge in [0.2, 0.25) is 0 Å². The molecule has 18 heavy (non-hydrogen) atoms. The standard InChI is InChI=1S/C11H25N3O2S.ClH/c1-10(2)8-13(4)17(15,16)14-7-5-6-11(9-14)12-3;/h10-12H,5-9H2,1-4H3;1H. The summed E-state index contributed by atoms with van der Waals surface area (Å²) in [5.41, 5.74) is 0. The molecule has 110 valence electrons. The summed E-state index contributed by atoms with van der Waals surface area (Å²) in [6.07, 6.45) is 1.98. The summed E-state index contributed by atoms with van der Waals surface area (Å²) in [4.78, 5) is 0. The molecule has 5 nitrogen and oxygen atoms in total. The van der Waals surface area contributed by atoms with Gasteiger partial charge in [-0.3, -0.25) is 0 Å². The van der Waals surface area contributed by atoms with E-state index in [9.17, 15) is 8.42 Å². The monoisotopic (exact) mass is 299 g/mol. The summed E-state index contributed by atoms with van der Waals surface area (Å²) in [6.45, 7) is 5.85. The molecule has 0 aromatic heterocycles. The third kappa shape index (κ3) is 4.66. The largest absolute Gasteiger partial charge is 0.316 e. The van der Waals surface area contributed by atoms with Crippen molar-refractivity contribution in [2.75, 3.05) is 33.7 Å². The van der Waals surface area contributed by atoms with E-state index in [2.05, 4.69) is 5.32 Å². The van der Waals surface area contributed by atoms with Gasteiger partial charge in [-0.2, -0.15) is 17.0 Å². The first-order valence-electron chi connectivity index (χ1n) is 6.26. The lowest BCUT2D eigenvalue weighted by molar-refractivity contribution is 0.270. The van der Waals surface area contributed by atoms with E-state index in [4.69, 9.17) is 0 Å². The van der Waals surface area contributed by atoms with Crippen LogP contribution in [0.15, 0.2) is 0 Å². The van der Waals surface area contributed by atoms with E-state index in [0.717, 1.165) is 12.8 Å². The van der Waals surface area contributed by atoms with Crippen LogP contribution in [0.1, 0.15) is 26.7 Å². The predicted molar refractivity (Wildman–Crippen MR) is 77.3 cm³/mol. The van der Waals surface area contributed by atoms with Crippen LogP contribution in [0.5, 0.6) is 0 Å². The van der Waals surface area contributed by atoms with E-state index < -0.39 is 10.2 Å². The Morgan fingerprint density at radius 3 is 2.56 bits per heavy atom. The zero-order valence-corrected chi connectivity index (χ0v) is 13.4. The van der Waals surface area contributed by atoms with Crippen molar-refractivity contribution in [2.45, 2.75) is 32.7 Å². The maximum Gasteiger partial charge on any atom is 0.281 e. The van der Waals surface area contributed by atoms with Crippen molar-refractivity contribution in [1.82, 2.24) is 13.9 Å². The van der Waals surface area contributed by atoms with E-state index in [-0.39, 0.29) is 18.4 Å². The molecule has 1 aliphatic rings. The third-order valence-corrected chi connectivity index (χ3v) is 5.06. The Bertz CT molecular complexity index is 335. The van der Waals surface area contributed by atoms with E-state index in [0.29, 0.717) is 25.6 Å². The first-order valence-corrected chi connectivity index (χ1v) is 7.66. The van der Waals surface area contributed by atoms with Gasteiger partial charge in [0.15, 0.2) is 0 Å². The number of piperidine rings is 1. The third-order valence-electron chi connectivity index (χ3n) is 3.13. The van der Waals surface area contributed by atoms with E-state index in [1.54, 1.807) is 11.4 Å². The van der Waals surface area contributed by atoms with Gasteiger partial charge in [-0.05, 0) is 25.8 Å². The normalized spacial score (nSPS) is 22.2. The predicted octanol–water partition coefficient (Wildman–Crippen LogP) is 0.925. The highest BCUT2D eigenvalue weighted by atomic mass is 35.5. The lowest BCUT2D eigenvalue weighted by atomic mass is 10.1. The Hall–Kier alpha value is 0.120. The molecule has 1 N–H and O–H groups in total. The van der Waals surface area contributed by atoms with Crippen LogP contribution in [-0.4, -0.2) is 56.8 Å². The smallest absolute Gasteiger partial charge is 0.281 e. The molecule has 1 unspecified atom stereocenters. The van der Waals surface area contributed by atoms with Crippen LogP contribution >= 0.6 is 12.4 Å². The van der Waals surface area contributed by atoms with Crippen LogP contribution in [-0.2, 0) is 10.2 Å². The fourth-order valence-electron chi connectivity index (χ4n) is 2.19. The first-order chi connectivity index (χ1) is 7.87. The van der Waals surface area contributed by atoms with Gasteiger partial charge in [0, 0.05) is 32.7 Å². The van der Waals surface area contributed by atoms with Gasteiger partial charge < -0.3 is 5.32 Å². The van der Waals surface area contributed by atoms with Crippen LogP contribution in [0.25, 0.3) is 0 Å². The fraction of sp³-hybridized carbons (Fsp3) is 1.00. The van der Waals surface area contributed by atoms with E-state index in [1.807, 2.05) is 20.9 Å². The Balaban J connectivity index is 0.00000289. The van der Waals surface area contributed by atoms with Crippen LogP contribution in [0, 0.1) is 5.92 Å². The van der Waals surface area contributed by atoms with Crippen LogP contribution in [0.3, 0.4) is 0 Å². The Labute approximate surface area is 118 Å². The van der Waals surface area contributed by atoms with Gasteiger partial charge in [-0.15, -0.1) is 12.4 Å². The van der Waals surface area contributed by atoms with Gasteiger partial charge in [0.25, 0.3) is 10.2 Å². The molecule has 0 radical (unpaired) electrons. The molecule has 0 bridgehead atoms. The Morgan fingerprint density at radius 1 is 1.44 bits per heavy atom. The van der Waals surface area contributed by atoms with Crippen LogP contribution in [0.2, 0.25) is 0 Å². The minimum absolute atomic E-state index is 0. The number of hydrogen-bond donors (Lipinski definition) is 1. The Kier molecular flexibility index (Phi) is 7.70. The second-order valence-electron chi connectivity index (χ2n) is 5.17. The van der Waals surface area contributed by atoms with Gasteiger partial charge in [-0.25, -0.2) is 0 Å². The van der Waals surface area contributed by atoms with E-state index in [1.165, 1.54) is 4.31 Å². The minimum atomic E-state index is -3.27. The van der Waals surface area contributed by atoms with Crippen molar-refractivity contribution in [1.29, 1.82) is 0 Å². The molecular weight excluding hydrogens is 274 g/mol. The molecule has 0 saturated carbocycles. The first kappa shape index (κ1) is 18.1. The summed E-state index contributed by atoms with van der Waals surface area (Å²) in [5, 5.41) is 3.16. The molecule has 7 heteroatoms. The number of halogens is 1. The summed E-state index contributed by atoms with van der Waals surface area (Å²) in [6, 6.07) is 0.283. The van der Waals surface area contributed by atoms with Crippen molar-refractivity contribution < 1.29 is 8.42 Å². The molecule has 1 heterocycles. The van der Waals surface area contributed by atoms with Crippen molar-refractivity contribution in [3.8, 4) is 0 Å². The number of likely N-dealkylation sites (N-methyl/N-ethyl adjacent to an activating group) is 1. The molecule has 0 spiro atoms. The number of nitrogens with one attached hydrogen (secondary N) is 1. The van der Waals surface area contributed by atoms with Crippen molar-refractivity contribution in [2.24, 2.45) is 5.92 Å².